The molecule has 0 saturated carbocycles. The predicted octanol–water partition coefficient (Wildman–Crippen LogP) is 2.02. The summed E-state index contributed by atoms with van der Waals surface area (Å²) in [6.45, 7) is 7.95. The maximum absolute atomic E-state index is 11.8. The molecule has 0 saturated heterocycles. The normalized spacial score (nSPS) is 12.5. The average molecular weight is 195 g/mol. The van der Waals surface area contributed by atoms with Gasteiger partial charge in [0.1, 0.15) is 0 Å². The molecule has 5 heteroatoms. The first kappa shape index (κ1) is 12.0. The van der Waals surface area contributed by atoms with Gasteiger partial charge in [0, 0.05) is 0 Å². The molecule has 0 bridgehead atoms. The molecule has 0 atom stereocenters. The Labute approximate surface area is 74.8 Å². The van der Waals surface area contributed by atoms with Gasteiger partial charge in [-0.15, -0.1) is 0 Å². The van der Waals surface area contributed by atoms with E-state index in [0.29, 0.717) is 5.57 Å². The number of rotatable bonds is 2. The Morgan fingerprint density at radius 3 is 1.92 bits per heavy atom. The molecular formula is C8H12F3NO. The van der Waals surface area contributed by atoms with Gasteiger partial charge in [-0.1, -0.05) is 12.2 Å². The summed E-state index contributed by atoms with van der Waals surface area (Å²) >= 11 is 0. The summed E-state index contributed by atoms with van der Waals surface area (Å²) in [4.78, 5) is 10.5. The van der Waals surface area contributed by atoms with E-state index < -0.39 is 17.6 Å². The zero-order chi connectivity index (χ0) is 10.9. The van der Waals surface area contributed by atoms with Crippen molar-refractivity contribution >= 4 is 5.91 Å². The molecule has 0 rings (SSSR count). The van der Waals surface area contributed by atoms with Crippen LogP contribution in [0.2, 0.25) is 0 Å². The molecular weight excluding hydrogens is 183 g/mol. The predicted molar refractivity (Wildman–Crippen MR) is 43.1 cm³/mol. The van der Waals surface area contributed by atoms with Gasteiger partial charge < -0.3 is 5.32 Å². The fourth-order valence-corrected chi connectivity index (χ4v) is 0.461. The van der Waals surface area contributed by atoms with Crippen LogP contribution in [0.25, 0.3) is 0 Å². The van der Waals surface area contributed by atoms with Gasteiger partial charge in [-0.05, 0) is 20.8 Å². The summed E-state index contributed by atoms with van der Waals surface area (Å²) in [5, 5.41) is 1.83. The second-order valence-corrected chi connectivity index (χ2v) is 3.36. The lowest BCUT2D eigenvalue weighted by Gasteiger charge is -2.27. The van der Waals surface area contributed by atoms with Crippen LogP contribution in [0.4, 0.5) is 13.2 Å². The maximum Gasteiger partial charge on any atom is 0.471 e. The largest absolute Gasteiger partial charge is 0.471 e. The summed E-state index contributed by atoms with van der Waals surface area (Å²) in [6.07, 6.45) is -4.84. The van der Waals surface area contributed by atoms with Gasteiger partial charge in [-0.3, -0.25) is 4.79 Å². The first-order valence-electron chi connectivity index (χ1n) is 3.62. The van der Waals surface area contributed by atoms with Crippen molar-refractivity contribution in [3.63, 3.8) is 0 Å². The lowest BCUT2D eigenvalue weighted by Crippen LogP contribution is -2.49. The molecule has 0 aromatic heterocycles. The Hall–Kier alpha value is -1.00. The number of hydrogen-bond acceptors (Lipinski definition) is 1. The average Bonchev–Trinajstić information content (AvgIpc) is 1.83. The van der Waals surface area contributed by atoms with E-state index in [1.54, 1.807) is 6.92 Å². The van der Waals surface area contributed by atoms with Gasteiger partial charge >= 0.3 is 12.1 Å². The highest BCUT2D eigenvalue weighted by Gasteiger charge is 2.41. The van der Waals surface area contributed by atoms with Crippen LogP contribution in [-0.4, -0.2) is 17.6 Å². The van der Waals surface area contributed by atoms with Crippen LogP contribution in [0.1, 0.15) is 20.8 Å². The van der Waals surface area contributed by atoms with Crippen LogP contribution in [0.3, 0.4) is 0 Å². The molecule has 0 aliphatic heterocycles. The molecule has 0 radical (unpaired) electrons. The highest BCUT2D eigenvalue weighted by atomic mass is 19.4. The molecule has 1 amide bonds. The van der Waals surface area contributed by atoms with E-state index in [4.69, 9.17) is 0 Å². The summed E-state index contributed by atoms with van der Waals surface area (Å²) in [7, 11) is 0. The van der Waals surface area contributed by atoms with Crippen molar-refractivity contribution in [3.05, 3.63) is 12.2 Å². The van der Waals surface area contributed by atoms with Crippen molar-refractivity contribution in [2.45, 2.75) is 32.5 Å². The molecule has 0 aliphatic carbocycles. The zero-order valence-electron chi connectivity index (χ0n) is 7.75. The Bertz CT molecular complexity index is 230. The number of amides is 1. The van der Waals surface area contributed by atoms with Gasteiger partial charge in [0.15, 0.2) is 0 Å². The van der Waals surface area contributed by atoms with Crippen molar-refractivity contribution < 1.29 is 18.0 Å². The highest BCUT2D eigenvalue weighted by Crippen LogP contribution is 2.19. The fraction of sp³-hybridized carbons (Fsp3) is 0.625. The van der Waals surface area contributed by atoms with Crippen LogP contribution in [0, 0.1) is 0 Å². The smallest absolute Gasteiger partial charge is 0.340 e. The quantitative estimate of drug-likeness (QED) is 0.671. The van der Waals surface area contributed by atoms with Gasteiger partial charge in [0.05, 0.1) is 5.54 Å². The van der Waals surface area contributed by atoms with Gasteiger partial charge in [-0.25, -0.2) is 0 Å². The van der Waals surface area contributed by atoms with Crippen molar-refractivity contribution in [2.24, 2.45) is 0 Å². The first-order chi connectivity index (χ1) is 5.57. The van der Waals surface area contributed by atoms with Crippen LogP contribution in [0.5, 0.6) is 0 Å². The minimum atomic E-state index is -4.84. The number of nitrogens with one attached hydrogen (secondary N) is 1. The van der Waals surface area contributed by atoms with E-state index >= 15 is 0 Å². The standard InChI is InChI=1S/C8H12F3NO/c1-5(2)7(3,4)12-6(13)8(9,10)11/h1H2,2-4H3,(H,12,13). The summed E-state index contributed by atoms with van der Waals surface area (Å²) < 4.78 is 35.4. The van der Waals surface area contributed by atoms with Crippen LogP contribution < -0.4 is 5.32 Å². The highest BCUT2D eigenvalue weighted by molar-refractivity contribution is 5.82. The topological polar surface area (TPSA) is 29.1 Å². The number of halogens is 3. The van der Waals surface area contributed by atoms with Crippen molar-refractivity contribution in [2.75, 3.05) is 0 Å². The summed E-state index contributed by atoms with van der Waals surface area (Å²) in [6, 6.07) is 0. The minimum Gasteiger partial charge on any atom is -0.340 e. The number of hydrogen-bond donors (Lipinski definition) is 1. The molecule has 76 valence electrons. The Kier molecular flexibility index (Phi) is 3.13. The SMILES string of the molecule is C=C(C)C(C)(C)NC(=O)C(F)(F)F. The maximum atomic E-state index is 11.8. The molecule has 13 heavy (non-hydrogen) atoms. The lowest BCUT2D eigenvalue weighted by atomic mass is 9.97. The van der Waals surface area contributed by atoms with Gasteiger partial charge in [-0.2, -0.15) is 13.2 Å². The fourth-order valence-electron chi connectivity index (χ4n) is 0.461. The Morgan fingerprint density at radius 1 is 1.31 bits per heavy atom. The second-order valence-electron chi connectivity index (χ2n) is 3.36. The molecule has 0 fully saturated rings. The molecule has 0 unspecified atom stereocenters. The van der Waals surface area contributed by atoms with E-state index in [1.807, 2.05) is 5.32 Å². The van der Waals surface area contributed by atoms with Crippen molar-refractivity contribution in [3.8, 4) is 0 Å². The molecule has 0 aromatic carbocycles. The minimum absolute atomic E-state index is 0.463. The molecule has 0 aromatic rings. The van der Waals surface area contributed by atoms with Gasteiger partial charge in [0.25, 0.3) is 0 Å². The van der Waals surface area contributed by atoms with E-state index in [9.17, 15) is 18.0 Å². The number of carbonyl (C=O) groups excluding carboxylic acids is 1. The van der Waals surface area contributed by atoms with Crippen molar-refractivity contribution in [1.82, 2.24) is 5.32 Å². The molecule has 1 N–H and O–H groups in total. The van der Waals surface area contributed by atoms with Crippen molar-refractivity contribution in [1.29, 1.82) is 0 Å². The third kappa shape index (κ3) is 3.48. The van der Waals surface area contributed by atoms with E-state index in [2.05, 4.69) is 6.58 Å². The molecule has 0 aliphatic rings. The third-order valence-electron chi connectivity index (χ3n) is 1.75. The first-order valence-corrected chi connectivity index (χ1v) is 3.62. The zero-order valence-corrected chi connectivity index (χ0v) is 7.75. The number of carbonyl (C=O) groups is 1. The van der Waals surface area contributed by atoms with Crippen LogP contribution in [-0.2, 0) is 4.79 Å². The van der Waals surface area contributed by atoms with E-state index in [0.717, 1.165) is 0 Å². The monoisotopic (exact) mass is 195 g/mol. The number of alkyl halides is 3. The second kappa shape index (κ2) is 3.40. The van der Waals surface area contributed by atoms with E-state index in [-0.39, 0.29) is 0 Å². The summed E-state index contributed by atoms with van der Waals surface area (Å²) in [5.41, 5.74) is -0.572. The Morgan fingerprint density at radius 2 is 1.69 bits per heavy atom. The third-order valence-corrected chi connectivity index (χ3v) is 1.75. The van der Waals surface area contributed by atoms with Crippen LogP contribution >= 0.6 is 0 Å². The van der Waals surface area contributed by atoms with Crippen LogP contribution in [0.15, 0.2) is 12.2 Å². The molecule has 0 spiro atoms. The molecule has 0 heterocycles. The Balaban J connectivity index is 4.47. The van der Waals surface area contributed by atoms with Gasteiger partial charge in [0.2, 0.25) is 0 Å². The van der Waals surface area contributed by atoms with E-state index in [1.165, 1.54) is 13.8 Å². The molecule has 2 nitrogen and oxygen atoms in total. The lowest BCUT2D eigenvalue weighted by molar-refractivity contribution is -0.175. The summed E-state index contributed by atoms with van der Waals surface area (Å²) in [5.74, 6) is -1.94.